The van der Waals surface area contributed by atoms with Gasteiger partial charge in [-0.05, 0) is 77.5 Å². The largest absolute Gasteiger partial charge is 0.483 e. The fourth-order valence-electron chi connectivity index (χ4n) is 4.08. The molecule has 2 aliphatic rings. The summed E-state index contributed by atoms with van der Waals surface area (Å²) in [6.07, 6.45) is 7.04. The maximum Gasteiger partial charge on any atom is 0.410 e. The van der Waals surface area contributed by atoms with Crippen molar-refractivity contribution in [2.45, 2.75) is 84.5 Å². The van der Waals surface area contributed by atoms with Crippen LogP contribution < -0.4 is 0 Å². The topological polar surface area (TPSA) is 54.9 Å². The smallest absolute Gasteiger partial charge is 0.410 e. The zero-order chi connectivity index (χ0) is 24.2. The molecule has 6 nitrogen and oxygen atoms in total. The summed E-state index contributed by atoms with van der Waals surface area (Å²) in [5, 5.41) is 0. The molecule has 2 fully saturated rings. The highest BCUT2D eigenvalue weighted by atomic mass is 16.6. The van der Waals surface area contributed by atoms with Gasteiger partial charge in [-0.1, -0.05) is 25.1 Å². The number of allylic oxidation sites excluding steroid dienone is 2. The van der Waals surface area contributed by atoms with E-state index in [1.165, 1.54) is 24.0 Å². The second kappa shape index (κ2) is 10.7. The first-order valence-electron chi connectivity index (χ1n) is 12.3. The second-order valence-corrected chi connectivity index (χ2v) is 10.5. The molecule has 0 radical (unpaired) electrons. The lowest BCUT2D eigenvalue weighted by Crippen LogP contribution is -2.55. The molecule has 1 aliphatic carbocycles. The average molecular weight is 456 g/mol. The van der Waals surface area contributed by atoms with Crippen LogP contribution in [0.4, 0.5) is 4.79 Å². The third-order valence-electron chi connectivity index (χ3n) is 6.21. The summed E-state index contributed by atoms with van der Waals surface area (Å²) in [6, 6.07) is 4.35. The predicted octanol–water partition coefficient (Wildman–Crippen LogP) is 5.83. The van der Waals surface area contributed by atoms with Crippen molar-refractivity contribution < 1.29 is 14.3 Å². The van der Waals surface area contributed by atoms with Crippen LogP contribution in [0.1, 0.15) is 84.1 Å². The van der Waals surface area contributed by atoms with Crippen molar-refractivity contribution >= 4 is 6.09 Å². The molecule has 1 unspecified atom stereocenters. The van der Waals surface area contributed by atoms with Crippen LogP contribution in [0.5, 0.6) is 0 Å². The molecule has 1 aromatic heterocycles. The van der Waals surface area contributed by atoms with Gasteiger partial charge in [0, 0.05) is 38.4 Å². The Kier molecular flexibility index (Phi) is 8.22. The lowest BCUT2D eigenvalue weighted by atomic mass is 10.1. The van der Waals surface area contributed by atoms with Gasteiger partial charge in [0.1, 0.15) is 11.4 Å². The molecule has 182 valence electrons. The molecular formula is C27H41N3O3. The van der Waals surface area contributed by atoms with Crippen molar-refractivity contribution in [2.75, 3.05) is 26.2 Å². The van der Waals surface area contributed by atoms with Gasteiger partial charge in [-0.3, -0.25) is 9.88 Å². The average Bonchev–Trinajstić information content (AvgIpc) is 3.57. The minimum atomic E-state index is -0.490. The Balaban J connectivity index is 1.68. The van der Waals surface area contributed by atoms with Crippen molar-refractivity contribution in [1.82, 2.24) is 14.8 Å². The molecule has 1 saturated carbocycles. The van der Waals surface area contributed by atoms with Crippen molar-refractivity contribution in [3.05, 3.63) is 53.6 Å². The summed E-state index contributed by atoms with van der Waals surface area (Å²) >= 11 is 0. The Labute approximate surface area is 199 Å². The van der Waals surface area contributed by atoms with Gasteiger partial charge >= 0.3 is 6.09 Å². The van der Waals surface area contributed by atoms with Crippen LogP contribution in [-0.2, 0) is 9.47 Å². The highest BCUT2D eigenvalue weighted by Crippen LogP contribution is 2.40. The van der Waals surface area contributed by atoms with Gasteiger partial charge in [0.15, 0.2) is 6.10 Å². The first kappa shape index (κ1) is 25.3. The van der Waals surface area contributed by atoms with E-state index < -0.39 is 5.60 Å². The van der Waals surface area contributed by atoms with E-state index >= 15 is 0 Å². The van der Waals surface area contributed by atoms with E-state index in [1.54, 1.807) is 0 Å². The number of ether oxygens (including phenoxy) is 2. The van der Waals surface area contributed by atoms with Gasteiger partial charge in [0.25, 0.3) is 0 Å². The Morgan fingerprint density at radius 1 is 1.30 bits per heavy atom. The minimum absolute atomic E-state index is 0.0601. The van der Waals surface area contributed by atoms with Gasteiger partial charge in [0.2, 0.25) is 0 Å². The van der Waals surface area contributed by atoms with Crippen LogP contribution in [0, 0.1) is 0 Å². The van der Waals surface area contributed by atoms with Crippen molar-refractivity contribution in [1.29, 1.82) is 0 Å². The maximum absolute atomic E-state index is 12.6. The summed E-state index contributed by atoms with van der Waals surface area (Å²) in [5.41, 5.74) is 2.98. The Morgan fingerprint density at radius 2 is 2.03 bits per heavy atom. The SMILES string of the molecule is C=C(/C=C(/C)CC)OC(CN1CCN(C(=O)OC(C)(C)C)[C@H](C)C1)c1ccc(C2CC2)cn1. The van der Waals surface area contributed by atoms with Gasteiger partial charge in [-0.25, -0.2) is 4.79 Å². The van der Waals surface area contributed by atoms with Crippen LogP contribution in [0.2, 0.25) is 0 Å². The number of amides is 1. The van der Waals surface area contributed by atoms with Gasteiger partial charge in [0.05, 0.1) is 5.69 Å². The summed E-state index contributed by atoms with van der Waals surface area (Å²) in [6.45, 7) is 19.0. The summed E-state index contributed by atoms with van der Waals surface area (Å²) in [4.78, 5) is 21.5. The zero-order valence-electron chi connectivity index (χ0n) is 21.3. The predicted molar refractivity (Wildman–Crippen MR) is 132 cm³/mol. The van der Waals surface area contributed by atoms with Crippen molar-refractivity contribution in [3.8, 4) is 0 Å². The van der Waals surface area contributed by atoms with Crippen molar-refractivity contribution in [2.24, 2.45) is 0 Å². The molecule has 2 heterocycles. The van der Waals surface area contributed by atoms with E-state index in [0.29, 0.717) is 24.8 Å². The first-order chi connectivity index (χ1) is 15.6. The molecule has 0 N–H and O–H groups in total. The van der Waals surface area contributed by atoms with Gasteiger partial charge in [-0.2, -0.15) is 0 Å². The quantitative estimate of drug-likeness (QED) is 0.365. The summed E-state index contributed by atoms with van der Waals surface area (Å²) in [7, 11) is 0. The number of carbonyl (C=O) groups is 1. The molecule has 1 saturated heterocycles. The van der Waals surface area contributed by atoms with E-state index in [9.17, 15) is 4.79 Å². The van der Waals surface area contributed by atoms with Gasteiger partial charge < -0.3 is 14.4 Å². The monoisotopic (exact) mass is 455 g/mol. The standard InChI is InChI=1S/C27H41N3O3/c1-8-19(2)15-21(4)32-25(24-12-11-23(16-28-24)22-9-10-22)18-29-13-14-30(20(3)17-29)26(31)33-27(5,6)7/h11-12,15-16,20,22,25H,4,8-10,13-14,17-18H2,1-3,5-7H3/b19-15-/t20-,25?/m1/s1. The van der Waals surface area contributed by atoms with Crippen LogP contribution >= 0.6 is 0 Å². The van der Waals surface area contributed by atoms with Crippen LogP contribution in [-0.4, -0.2) is 58.7 Å². The van der Waals surface area contributed by atoms with E-state index in [0.717, 1.165) is 25.2 Å². The highest BCUT2D eigenvalue weighted by Gasteiger charge is 2.32. The van der Waals surface area contributed by atoms with E-state index in [4.69, 9.17) is 14.5 Å². The van der Waals surface area contributed by atoms with Crippen LogP contribution in [0.15, 0.2) is 42.3 Å². The number of pyridine rings is 1. The number of aromatic nitrogens is 1. The third-order valence-corrected chi connectivity index (χ3v) is 6.21. The van der Waals surface area contributed by atoms with E-state index in [1.807, 2.05) is 37.9 Å². The number of carbonyl (C=O) groups excluding carboxylic acids is 1. The Morgan fingerprint density at radius 3 is 2.58 bits per heavy atom. The number of hydrogen-bond acceptors (Lipinski definition) is 5. The normalized spacial score (nSPS) is 21.0. The van der Waals surface area contributed by atoms with Gasteiger partial charge in [-0.15, -0.1) is 0 Å². The molecule has 1 amide bonds. The maximum atomic E-state index is 12.6. The molecule has 1 aliphatic heterocycles. The molecule has 2 atom stereocenters. The molecule has 1 aromatic rings. The van der Waals surface area contributed by atoms with Crippen LogP contribution in [0.25, 0.3) is 0 Å². The lowest BCUT2D eigenvalue weighted by molar-refractivity contribution is -0.00663. The Hall–Kier alpha value is -2.34. The molecule has 0 bridgehead atoms. The minimum Gasteiger partial charge on any atom is -0.483 e. The first-order valence-corrected chi connectivity index (χ1v) is 12.3. The molecule has 3 rings (SSSR count). The fraction of sp³-hybridized carbons (Fsp3) is 0.630. The molecule has 0 aromatic carbocycles. The molecule has 33 heavy (non-hydrogen) atoms. The highest BCUT2D eigenvalue weighted by molar-refractivity contribution is 5.68. The van der Waals surface area contributed by atoms with E-state index in [-0.39, 0.29) is 18.2 Å². The third kappa shape index (κ3) is 7.60. The van der Waals surface area contributed by atoms with Crippen molar-refractivity contribution in [3.63, 3.8) is 0 Å². The Bertz CT molecular complexity index is 852. The number of rotatable bonds is 8. The zero-order valence-corrected chi connectivity index (χ0v) is 21.3. The summed E-state index contributed by atoms with van der Waals surface area (Å²) < 4.78 is 11.9. The van der Waals surface area contributed by atoms with E-state index in [2.05, 4.69) is 44.4 Å². The number of hydrogen-bond donors (Lipinski definition) is 0. The molecule has 0 spiro atoms. The summed E-state index contributed by atoms with van der Waals surface area (Å²) in [5.74, 6) is 1.34. The fourth-order valence-corrected chi connectivity index (χ4v) is 4.08. The lowest BCUT2D eigenvalue weighted by Gasteiger charge is -2.41. The molecule has 6 heteroatoms. The molecular weight excluding hydrogens is 414 g/mol. The second-order valence-electron chi connectivity index (χ2n) is 10.5. The number of piperazine rings is 1. The van der Waals surface area contributed by atoms with Crippen LogP contribution in [0.3, 0.4) is 0 Å². The number of nitrogens with zero attached hydrogens (tertiary/aromatic N) is 3.